The van der Waals surface area contributed by atoms with Crippen LogP contribution in [0.3, 0.4) is 0 Å². The Morgan fingerprint density at radius 1 is 1.25 bits per heavy atom. The SMILES string of the molecule is CC1(C)CC(Nc2ncnc3c2oc2ccccc23)CCS1(=O)=O. The van der Waals surface area contributed by atoms with Crippen LogP contribution < -0.4 is 5.32 Å². The summed E-state index contributed by atoms with van der Waals surface area (Å²) in [6, 6.07) is 7.77. The number of anilines is 1. The van der Waals surface area contributed by atoms with Crippen molar-refractivity contribution in [2.24, 2.45) is 0 Å². The van der Waals surface area contributed by atoms with E-state index < -0.39 is 14.6 Å². The van der Waals surface area contributed by atoms with E-state index in [9.17, 15) is 8.42 Å². The molecule has 0 bridgehead atoms. The highest BCUT2D eigenvalue weighted by Crippen LogP contribution is 2.34. The van der Waals surface area contributed by atoms with E-state index in [2.05, 4.69) is 15.3 Å². The summed E-state index contributed by atoms with van der Waals surface area (Å²) >= 11 is 0. The Balaban J connectivity index is 1.71. The fraction of sp³-hybridized carbons (Fsp3) is 0.412. The summed E-state index contributed by atoms with van der Waals surface area (Å²) in [6.07, 6.45) is 2.62. The third-order valence-electron chi connectivity index (χ3n) is 4.81. The van der Waals surface area contributed by atoms with Gasteiger partial charge in [0.25, 0.3) is 0 Å². The number of fused-ring (bicyclic) bond motifs is 3. The highest BCUT2D eigenvalue weighted by Gasteiger charge is 2.41. The molecule has 1 aliphatic rings. The van der Waals surface area contributed by atoms with Gasteiger partial charge in [-0.1, -0.05) is 12.1 Å². The first-order valence-corrected chi connectivity index (χ1v) is 9.64. The van der Waals surface area contributed by atoms with E-state index in [1.807, 2.05) is 24.3 Å². The third-order valence-corrected chi connectivity index (χ3v) is 7.44. The second-order valence-corrected chi connectivity index (χ2v) is 9.65. The van der Waals surface area contributed by atoms with Crippen LogP contribution in [-0.2, 0) is 9.84 Å². The Bertz CT molecular complexity index is 1020. The lowest BCUT2D eigenvalue weighted by atomic mass is 10.00. The van der Waals surface area contributed by atoms with E-state index in [4.69, 9.17) is 4.42 Å². The molecule has 24 heavy (non-hydrogen) atoms. The van der Waals surface area contributed by atoms with Crippen LogP contribution in [0.25, 0.3) is 22.1 Å². The summed E-state index contributed by atoms with van der Waals surface area (Å²) < 4.78 is 29.5. The maximum Gasteiger partial charge on any atom is 0.196 e. The maximum absolute atomic E-state index is 12.2. The van der Waals surface area contributed by atoms with Crippen molar-refractivity contribution >= 4 is 37.7 Å². The van der Waals surface area contributed by atoms with Crippen LogP contribution in [0.5, 0.6) is 0 Å². The molecule has 1 aliphatic heterocycles. The number of nitrogens with zero attached hydrogens (tertiary/aromatic N) is 2. The van der Waals surface area contributed by atoms with Gasteiger partial charge in [-0.2, -0.15) is 0 Å². The van der Waals surface area contributed by atoms with Gasteiger partial charge >= 0.3 is 0 Å². The zero-order valence-corrected chi connectivity index (χ0v) is 14.4. The molecule has 0 aliphatic carbocycles. The minimum absolute atomic E-state index is 0.0369. The molecule has 3 aromatic rings. The summed E-state index contributed by atoms with van der Waals surface area (Å²) in [5.74, 6) is 0.808. The predicted molar refractivity (Wildman–Crippen MR) is 93.8 cm³/mol. The summed E-state index contributed by atoms with van der Waals surface area (Å²) in [5, 5.41) is 4.32. The molecule has 1 N–H and O–H groups in total. The molecule has 3 heterocycles. The monoisotopic (exact) mass is 345 g/mol. The van der Waals surface area contributed by atoms with Crippen molar-refractivity contribution in [1.29, 1.82) is 0 Å². The topological polar surface area (TPSA) is 85.1 Å². The molecule has 4 rings (SSSR count). The molecule has 1 aromatic carbocycles. The molecule has 0 spiro atoms. The number of benzene rings is 1. The molecule has 1 fully saturated rings. The van der Waals surface area contributed by atoms with Crippen molar-refractivity contribution in [3.8, 4) is 0 Å². The molecular weight excluding hydrogens is 326 g/mol. The normalized spacial score (nSPS) is 22.7. The van der Waals surface area contributed by atoms with Crippen molar-refractivity contribution in [1.82, 2.24) is 9.97 Å². The molecule has 1 unspecified atom stereocenters. The van der Waals surface area contributed by atoms with Crippen LogP contribution in [0.4, 0.5) is 5.82 Å². The lowest BCUT2D eigenvalue weighted by molar-refractivity contribution is 0.462. The number of aromatic nitrogens is 2. The average molecular weight is 345 g/mol. The van der Waals surface area contributed by atoms with Gasteiger partial charge < -0.3 is 9.73 Å². The molecule has 1 atom stereocenters. The molecule has 7 heteroatoms. The summed E-state index contributed by atoms with van der Waals surface area (Å²) in [7, 11) is -3.05. The predicted octanol–water partition coefficient (Wildman–Crippen LogP) is 3.14. The number of hydrogen-bond acceptors (Lipinski definition) is 6. The second-order valence-electron chi connectivity index (χ2n) is 6.91. The van der Waals surface area contributed by atoms with Crippen LogP contribution in [-0.4, -0.2) is 34.9 Å². The number of sulfone groups is 1. The summed E-state index contributed by atoms with van der Waals surface area (Å²) in [6.45, 7) is 3.57. The molecule has 6 nitrogen and oxygen atoms in total. The molecule has 1 saturated heterocycles. The number of furan rings is 1. The fourth-order valence-corrected chi connectivity index (χ4v) is 4.94. The smallest absolute Gasteiger partial charge is 0.196 e. The minimum atomic E-state index is -3.05. The summed E-state index contributed by atoms with van der Waals surface area (Å²) in [4.78, 5) is 8.65. The molecule has 0 saturated carbocycles. The Morgan fingerprint density at radius 2 is 2.04 bits per heavy atom. The average Bonchev–Trinajstić information content (AvgIpc) is 2.91. The molecule has 2 aromatic heterocycles. The lowest BCUT2D eigenvalue weighted by Crippen LogP contribution is -2.45. The Kier molecular flexibility index (Phi) is 3.32. The second kappa shape index (κ2) is 5.17. The Morgan fingerprint density at radius 3 is 2.83 bits per heavy atom. The molecular formula is C17H19N3O3S. The zero-order chi connectivity index (χ0) is 16.9. The molecule has 0 radical (unpaired) electrons. The Hall–Kier alpha value is -2.15. The van der Waals surface area contributed by atoms with E-state index in [1.165, 1.54) is 6.33 Å². The van der Waals surface area contributed by atoms with Gasteiger partial charge in [-0.15, -0.1) is 0 Å². The highest BCUT2D eigenvalue weighted by atomic mass is 32.2. The largest absolute Gasteiger partial charge is 0.450 e. The van der Waals surface area contributed by atoms with E-state index in [-0.39, 0.29) is 11.8 Å². The fourth-order valence-electron chi connectivity index (χ4n) is 3.34. The molecule has 0 amide bonds. The Labute approximate surface area is 140 Å². The van der Waals surface area contributed by atoms with E-state index >= 15 is 0 Å². The van der Waals surface area contributed by atoms with Crippen LogP contribution in [0.2, 0.25) is 0 Å². The van der Waals surface area contributed by atoms with Crippen molar-refractivity contribution < 1.29 is 12.8 Å². The highest BCUT2D eigenvalue weighted by molar-refractivity contribution is 7.92. The van der Waals surface area contributed by atoms with Crippen molar-refractivity contribution in [2.75, 3.05) is 11.1 Å². The first-order valence-electron chi connectivity index (χ1n) is 7.98. The number of rotatable bonds is 2. The van der Waals surface area contributed by atoms with Gasteiger partial charge in [0.2, 0.25) is 0 Å². The number of nitrogens with one attached hydrogen (secondary N) is 1. The maximum atomic E-state index is 12.2. The summed E-state index contributed by atoms with van der Waals surface area (Å²) in [5.41, 5.74) is 2.15. The van der Waals surface area contributed by atoms with Crippen LogP contribution in [0.15, 0.2) is 35.0 Å². The van der Waals surface area contributed by atoms with Crippen molar-refractivity contribution in [3.63, 3.8) is 0 Å². The van der Waals surface area contributed by atoms with Crippen LogP contribution in [0, 0.1) is 0 Å². The van der Waals surface area contributed by atoms with E-state index in [0.29, 0.717) is 24.2 Å². The van der Waals surface area contributed by atoms with Gasteiger partial charge in [0.1, 0.15) is 17.4 Å². The lowest BCUT2D eigenvalue weighted by Gasteiger charge is -2.35. The van der Waals surface area contributed by atoms with Gasteiger partial charge in [-0.25, -0.2) is 18.4 Å². The minimum Gasteiger partial charge on any atom is -0.450 e. The number of hydrogen-bond donors (Lipinski definition) is 1. The van der Waals surface area contributed by atoms with Crippen LogP contribution >= 0.6 is 0 Å². The van der Waals surface area contributed by atoms with Crippen LogP contribution in [0.1, 0.15) is 26.7 Å². The van der Waals surface area contributed by atoms with Crippen molar-refractivity contribution in [3.05, 3.63) is 30.6 Å². The zero-order valence-electron chi connectivity index (χ0n) is 13.6. The standard InChI is InChI=1S/C17H19N3O3S/c1-17(2)9-11(7-8-24(17,21)22)20-16-15-14(18-10-19-16)12-5-3-4-6-13(12)23-15/h3-6,10-11H,7-9H2,1-2H3,(H,18,19,20). The first kappa shape index (κ1) is 15.4. The van der Waals surface area contributed by atoms with Gasteiger partial charge in [-0.05, 0) is 38.8 Å². The van der Waals surface area contributed by atoms with Gasteiger partial charge in [0, 0.05) is 11.4 Å². The van der Waals surface area contributed by atoms with E-state index in [0.717, 1.165) is 16.5 Å². The quantitative estimate of drug-likeness (QED) is 0.768. The number of para-hydroxylation sites is 1. The van der Waals surface area contributed by atoms with Crippen molar-refractivity contribution in [2.45, 2.75) is 37.5 Å². The van der Waals surface area contributed by atoms with Gasteiger partial charge in [0.15, 0.2) is 21.2 Å². The van der Waals surface area contributed by atoms with Gasteiger partial charge in [0.05, 0.1) is 10.5 Å². The third kappa shape index (κ3) is 2.34. The first-order chi connectivity index (χ1) is 11.4. The molecule has 126 valence electrons. The van der Waals surface area contributed by atoms with Gasteiger partial charge in [-0.3, -0.25) is 0 Å². The van der Waals surface area contributed by atoms with E-state index in [1.54, 1.807) is 13.8 Å².